The third kappa shape index (κ3) is 2.34. The standard InChI is InChI=1S/C16H20N4O2/c1-3-6-13(21)20-10-8-17-16(22)15(20)14-11(2)18-12-7-4-5-9-19(12)14/h4-5,7,9,15H,3,6,8,10H2,1-2H3,(H,17,22)/t15-/m0/s1. The third-order valence-electron chi connectivity index (χ3n) is 4.01. The Balaban J connectivity index is 2.10. The summed E-state index contributed by atoms with van der Waals surface area (Å²) in [6.07, 6.45) is 3.12. The van der Waals surface area contributed by atoms with Crippen molar-refractivity contribution in [1.29, 1.82) is 0 Å². The molecule has 2 aromatic heterocycles. The molecule has 1 saturated heterocycles. The molecule has 0 aromatic carbocycles. The topological polar surface area (TPSA) is 66.7 Å². The van der Waals surface area contributed by atoms with Crippen molar-refractivity contribution in [1.82, 2.24) is 19.6 Å². The van der Waals surface area contributed by atoms with Gasteiger partial charge in [-0.05, 0) is 25.5 Å². The molecule has 3 heterocycles. The van der Waals surface area contributed by atoms with E-state index in [-0.39, 0.29) is 11.8 Å². The molecule has 0 bridgehead atoms. The summed E-state index contributed by atoms with van der Waals surface area (Å²) < 4.78 is 1.90. The average molecular weight is 300 g/mol. The number of nitrogens with one attached hydrogen (secondary N) is 1. The van der Waals surface area contributed by atoms with Gasteiger partial charge in [-0.1, -0.05) is 13.0 Å². The molecular formula is C16H20N4O2. The van der Waals surface area contributed by atoms with Crippen LogP contribution >= 0.6 is 0 Å². The first-order valence-corrected chi connectivity index (χ1v) is 7.64. The molecule has 0 aliphatic carbocycles. The quantitative estimate of drug-likeness (QED) is 0.933. The Morgan fingerprint density at radius 1 is 1.45 bits per heavy atom. The summed E-state index contributed by atoms with van der Waals surface area (Å²) in [5.41, 5.74) is 2.34. The molecule has 1 aliphatic rings. The predicted octanol–water partition coefficient (Wildman–Crippen LogP) is 1.44. The van der Waals surface area contributed by atoms with Gasteiger partial charge in [0.15, 0.2) is 6.04 Å². The van der Waals surface area contributed by atoms with Gasteiger partial charge in [-0.3, -0.25) is 9.59 Å². The van der Waals surface area contributed by atoms with Gasteiger partial charge in [-0.2, -0.15) is 0 Å². The van der Waals surface area contributed by atoms with E-state index in [0.717, 1.165) is 23.5 Å². The maximum atomic E-state index is 12.5. The fraction of sp³-hybridized carbons (Fsp3) is 0.438. The maximum absolute atomic E-state index is 12.5. The summed E-state index contributed by atoms with van der Waals surface area (Å²) >= 11 is 0. The van der Waals surface area contributed by atoms with Gasteiger partial charge in [0.1, 0.15) is 5.65 Å². The SMILES string of the molecule is CCCC(=O)N1CCNC(=O)[C@@H]1c1c(C)nc2ccccn12. The van der Waals surface area contributed by atoms with Crippen LogP contribution in [0.25, 0.3) is 5.65 Å². The van der Waals surface area contributed by atoms with Crippen LogP contribution in [-0.2, 0) is 9.59 Å². The number of nitrogens with zero attached hydrogens (tertiary/aromatic N) is 3. The molecule has 0 unspecified atom stereocenters. The Labute approximate surface area is 129 Å². The molecule has 22 heavy (non-hydrogen) atoms. The molecule has 2 aromatic rings. The van der Waals surface area contributed by atoms with E-state index < -0.39 is 6.04 Å². The summed E-state index contributed by atoms with van der Waals surface area (Å²) in [7, 11) is 0. The number of aromatic nitrogens is 2. The molecule has 0 saturated carbocycles. The number of amides is 2. The number of imidazole rings is 1. The Kier molecular flexibility index (Phi) is 3.83. The predicted molar refractivity (Wildman–Crippen MR) is 82.3 cm³/mol. The van der Waals surface area contributed by atoms with E-state index in [2.05, 4.69) is 10.3 Å². The van der Waals surface area contributed by atoms with Gasteiger partial charge < -0.3 is 14.6 Å². The largest absolute Gasteiger partial charge is 0.352 e. The van der Waals surface area contributed by atoms with E-state index in [1.54, 1.807) is 4.90 Å². The highest BCUT2D eigenvalue weighted by Crippen LogP contribution is 2.27. The molecule has 0 radical (unpaired) electrons. The second-order valence-corrected chi connectivity index (χ2v) is 5.54. The van der Waals surface area contributed by atoms with E-state index in [4.69, 9.17) is 0 Å². The fourth-order valence-corrected chi connectivity index (χ4v) is 3.03. The summed E-state index contributed by atoms with van der Waals surface area (Å²) in [5.74, 6) is -0.114. The first-order valence-electron chi connectivity index (χ1n) is 7.64. The number of hydrogen-bond acceptors (Lipinski definition) is 3. The molecule has 1 atom stereocenters. The van der Waals surface area contributed by atoms with E-state index in [1.807, 2.05) is 42.6 Å². The van der Waals surface area contributed by atoms with Crippen LogP contribution in [0.5, 0.6) is 0 Å². The number of pyridine rings is 1. The Morgan fingerprint density at radius 2 is 2.27 bits per heavy atom. The zero-order valence-electron chi connectivity index (χ0n) is 12.9. The lowest BCUT2D eigenvalue weighted by molar-refractivity contribution is -0.143. The minimum Gasteiger partial charge on any atom is -0.352 e. The van der Waals surface area contributed by atoms with Crippen molar-refractivity contribution >= 4 is 17.5 Å². The smallest absolute Gasteiger partial charge is 0.249 e. The van der Waals surface area contributed by atoms with Gasteiger partial charge in [0.2, 0.25) is 11.8 Å². The average Bonchev–Trinajstić information content (AvgIpc) is 2.83. The molecule has 116 valence electrons. The van der Waals surface area contributed by atoms with Crippen LogP contribution in [0, 0.1) is 6.92 Å². The lowest BCUT2D eigenvalue weighted by Crippen LogP contribution is -2.52. The van der Waals surface area contributed by atoms with Gasteiger partial charge in [0.05, 0.1) is 11.4 Å². The van der Waals surface area contributed by atoms with E-state index in [1.165, 1.54) is 0 Å². The number of carbonyl (C=O) groups is 2. The number of hydrogen-bond donors (Lipinski definition) is 1. The number of rotatable bonds is 3. The van der Waals surface area contributed by atoms with Crippen LogP contribution in [0.1, 0.15) is 37.2 Å². The van der Waals surface area contributed by atoms with Gasteiger partial charge in [0.25, 0.3) is 0 Å². The van der Waals surface area contributed by atoms with Crippen molar-refractivity contribution in [2.24, 2.45) is 0 Å². The first kappa shape index (κ1) is 14.6. The molecule has 0 spiro atoms. The lowest BCUT2D eigenvalue weighted by atomic mass is 10.1. The van der Waals surface area contributed by atoms with E-state index in [0.29, 0.717) is 19.5 Å². The summed E-state index contributed by atoms with van der Waals surface area (Å²) in [4.78, 5) is 31.1. The molecule has 6 heteroatoms. The minimum atomic E-state index is -0.606. The molecule has 1 fully saturated rings. The van der Waals surface area contributed by atoms with Crippen LogP contribution in [0.15, 0.2) is 24.4 Å². The molecule has 1 aliphatic heterocycles. The highest BCUT2D eigenvalue weighted by atomic mass is 16.2. The number of piperazine rings is 1. The molecule has 3 rings (SSSR count). The van der Waals surface area contributed by atoms with Crippen LogP contribution in [0.2, 0.25) is 0 Å². The molecular weight excluding hydrogens is 280 g/mol. The van der Waals surface area contributed by atoms with Crippen LogP contribution < -0.4 is 5.32 Å². The monoisotopic (exact) mass is 300 g/mol. The normalized spacial score (nSPS) is 18.5. The Hall–Kier alpha value is -2.37. The minimum absolute atomic E-state index is 0.0210. The number of aryl methyl sites for hydroxylation is 1. The van der Waals surface area contributed by atoms with Crippen LogP contribution in [0.3, 0.4) is 0 Å². The van der Waals surface area contributed by atoms with Crippen molar-refractivity contribution in [2.45, 2.75) is 32.7 Å². The van der Waals surface area contributed by atoms with Crippen molar-refractivity contribution in [2.75, 3.05) is 13.1 Å². The molecule has 1 N–H and O–H groups in total. The second-order valence-electron chi connectivity index (χ2n) is 5.54. The van der Waals surface area contributed by atoms with Gasteiger partial charge in [-0.15, -0.1) is 0 Å². The lowest BCUT2D eigenvalue weighted by Gasteiger charge is -2.35. The van der Waals surface area contributed by atoms with Gasteiger partial charge >= 0.3 is 0 Å². The van der Waals surface area contributed by atoms with Crippen molar-refractivity contribution < 1.29 is 9.59 Å². The summed E-state index contributed by atoms with van der Waals surface area (Å²) in [6.45, 7) is 4.89. The summed E-state index contributed by atoms with van der Waals surface area (Å²) in [5, 5.41) is 2.87. The van der Waals surface area contributed by atoms with Crippen LogP contribution in [-0.4, -0.2) is 39.2 Å². The van der Waals surface area contributed by atoms with E-state index in [9.17, 15) is 9.59 Å². The Morgan fingerprint density at radius 3 is 3.05 bits per heavy atom. The molecule has 6 nitrogen and oxygen atoms in total. The second kappa shape index (κ2) is 5.79. The maximum Gasteiger partial charge on any atom is 0.249 e. The molecule has 2 amide bonds. The Bertz CT molecular complexity index is 722. The van der Waals surface area contributed by atoms with Gasteiger partial charge in [-0.25, -0.2) is 4.98 Å². The number of fused-ring (bicyclic) bond motifs is 1. The highest BCUT2D eigenvalue weighted by molar-refractivity contribution is 5.90. The third-order valence-corrected chi connectivity index (χ3v) is 4.01. The van der Waals surface area contributed by atoms with Crippen LogP contribution in [0.4, 0.5) is 0 Å². The fourth-order valence-electron chi connectivity index (χ4n) is 3.03. The van der Waals surface area contributed by atoms with Crippen molar-refractivity contribution in [3.63, 3.8) is 0 Å². The van der Waals surface area contributed by atoms with E-state index >= 15 is 0 Å². The van der Waals surface area contributed by atoms with Crippen molar-refractivity contribution in [3.05, 3.63) is 35.8 Å². The zero-order chi connectivity index (χ0) is 15.7. The number of carbonyl (C=O) groups excluding carboxylic acids is 2. The summed E-state index contributed by atoms with van der Waals surface area (Å²) in [6, 6.07) is 5.10. The highest BCUT2D eigenvalue weighted by Gasteiger charge is 2.37. The first-order chi connectivity index (χ1) is 10.6. The van der Waals surface area contributed by atoms with Crippen molar-refractivity contribution in [3.8, 4) is 0 Å². The van der Waals surface area contributed by atoms with Gasteiger partial charge in [0, 0.05) is 25.7 Å². The zero-order valence-corrected chi connectivity index (χ0v) is 12.9.